The molecule has 25 heavy (non-hydrogen) atoms. The van der Waals surface area contributed by atoms with E-state index in [2.05, 4.69) is 4.74 Å². The summed E-state index contributed by atoms with van der Waals surface area (Å²) in [5, 5.41) is 39.2. The highest BCUT2D eigenvalue weighted by Gasteiger charge is 2.50. The Hall–Kier alpha value is -2.42. The first-order chi connectivity index (χ1) is 11.7. The van der Waals surface area contributed by atoms with Gasteiger partial charge < -0.3 is 29.9 Å². The molecule has 1 fully saturated rings. The molecule has 1 saturated carbocycles. The van der Waals surface area contributed by atoms with Gasteiger partial charge in [0.25, 0.3) is 0 Å². The number of aliphatic hydroxyl groups excluding tert-OH is 2. The van der Waals surface area contributed by atoms with Crippen LogP contribution in [-0.2, 0) is 19.1 Å². The molecule has 0 spiro atoms. The maximum atomic E-state index is 11.9. The van der Waals surface area contributed by atoms with Crippen LogP contribution in [0.3, 0.4) is 0 Å². The summed E-state index contributed by atoms with van der Waals surface area (Å²) in [5.41, 5.74) is -1.41. The fourth-order valence-corrected chi connectivity index (χ4v) is 2.66. The summed E-state index contributed by atoms with van der Waals surface area (Å²) < 4.78 is 9.54. The van der Waals surface area contributed by atoms with Crippen molar-refractivity contribution in [1.82, 2.24) is 0 Å². The van der Waals surface area contributed by atoms with Gasteiger partial charge >= 0.3 is 11.9 Å². The van der Waals surface area contributed by atoms with Gasteiger partial charge in [-0.15, -0.1) is 0 Å². The molecule has 1 aliphatic rings. The Bertz CT molecular complexity index is 653. The number of phenolic OH excluding ortho intramolecular Hbond substituents is 1. The standard InChI is InChI=1S/C17H20O8/c1-24-16(22)17(23)8-12(19)15(21)13(9-17)25-14(20)7-4-10-2-5-11(18)6-3-10/h2-7,12-13,15,18-19,21,23H,8-9H2,1H3/t12-,13-,15-,17+/m1/s1. The van der Waals surface area contributed by atoms with Gasteiger partial charge in [-0.25, -0.2) is 9.59 Å². The van der Waals surface area contributed by atoms with Crippen molar-refractivity contribution in [2.45, 2.75) is 36.8 Å². The highest BCUT2D eigenvalue weighted by Crippen LogP contribution is 2.32. The minimum Gasteiger partial charge on any atom is -0.508 e. The predicted octanol–water partition coefficient (Wildman–Crippen LogP) is -0.263. The molecular formula is C17H20O8. The molecule has 0 amide bonds. The van der Waals surface area contributed by atoms with Gasteiger partial charge in [-0.3, -0.25) is 0 Å². The largest absolute Gasteiger partial charge is 0.508 e. The van der Waals surface area contributed by atoms with Gasteiger partial charge in [0.05, 0.1) is 13.2 Å². The van der Waals surface area contributed by atoms with E-state index in [1.165, 1.54) is 18.2 Å². The van der Waals surface area contributed by atoms with E-state index in [9.17, 15) is 30.0 Å². The van der Waals surface area contributed by atoms with Crippen molar-refractivity contribution in [3.63, 3.8) is 0 Å². The second-order valence-electron chi connectivity index (χ2n) is 5.89. The third-order valence-electron chi connectivity index (χ3n) is 4.00. The summed E-state index contributed by atoms with van der Waals surface area (Å²) in [6.07, 6.45) is -2.44. The van der Waals surface area contributed by atoms with Crippen LogP contribution >= 0.6 is 0 Å². The maximum Gasteiger partial charge on any atom is 0.338 e. The van der Waals surface area contributed by atoms with Crippen LogP contribution in [-0.4, -0.2) is 63.4 Å². The van der Waals surface area contributed by atoms with Crippen LogP contribution in [0.5, 0.6) is 5.75 Å². The van der Waals surface area contributed by atoms with Crippen LogP contribution in [0.1, 0.15) is 18.4 Å². The normalized spacial score (nSPS) is 29.4. The zero-order valence-electron chi connectivity index (χ0n) is 13.5. The minimum atomic E-state index is -2.04. The van der Waals surface area contributed by atoms with Crippen LogP contribution < -0.4 is 0 Å². The van der Waals surface area contributed by atoms with E-state index in [0.717, 1.165) is 13.2 Å². The summed E-state index contributed by atoms with van der Waals surface area (Å²) in [5.74, 6) is -1.71. The van der Waals surface area contributed by atoms with Gasteiger partial charge in [0.15, 0.2) is 5.60 Å². The number of carbonyl (C=O) groups is 2. The Morgan fingerprint density at radius 2 is 1.84 bits per heavy atom. The highest BCUT2D eigenvalue weighted by atomic mass is 16.6. The first-order valence-electron chi connectivity index (χ1n) is 7.60. The average Bonchev–Trinajstić information content (AvgIpc) is 2.58. The number of carbonyl (C=O) groups excluding carboxylic acids is 2. The van der Waals surface area contributed by atoms with Crippen molar-refractivity contribution in [3.05, 3.63) is 35.9 Å². The number of ether oxygens (including phenoxy) is 2. The maximum absolute atomic E-state index is 11.9. The lowest BCUT2D eigenvalue weighted by Gasteiger charge is -2.39. The molecular weight excluding hydrogens is 332 g/mol. The van der Waals surface area contributed by atoms with Gasteiger partial charge in [0, 0.05) is 18.9 Å². The van der Waals surface area contributed by atoms with Crippen LogP contribution in [0, 0.1) is 0 Å². The van der Waals surface area contributed by atoms with E-state index >= 15 is 0 Å². The lowest BCUT2D eigenvalue weighted by molar-refractivity contribution is -0.198. The monoisotopic (exact) mass is 352 g/mol. The third-order valence-corrected chi connectivity index (χ3v) is 4.00. The summed E-state index contributed by atoms with van der Waals surface area (Å²) in [4.78, 5) is 23.6. The Morgan fingerprint density at radius 1 is 1.20 bits per heavy atom. The van der Waals surface area contributed by atoms with Gasteiger partial charge in [0.1, 0.15) is 18.0 Å². The molecule has 1 aromatic rings. The molecule has 2 rings (SSSR count). The lowest BCUT2D eigenvalue weighted by Crippen LogP contribution is -2.57. The average molecular weight is 352 g/mol. The van der Waals surface area contributed by atoms with E-state index < -0.39 is 48.7 Å². The number of methoxy groups -OCH3 is 1. The molecule has 0 bridgehead atoms. The van der Waals surface area contributed by atoms with Crippen LogP contribution in [0.15, 0.2) is 30.3 Å². The number of esters is 2. The van der Waals surface area contributed by atoms with Crippen LogP contribution in [0.25, 0.3) is 6.08 Å². The van der Waals surface area contributed by atoms with E-state index in [-0.39, 0.29) is 5.75 Å². The number of hydrogen-bond acceptors (Lipinski definition) is 8. The van der Waals surface area contributed by atoms with Crippen LogP contribution in [0.2, 0.25) is 0 Å². The quantitative estimate of drug-likeness (QED) is 0.430. The van der Waals surface area contributed by atoms with Gasteiger partial charge in [0.2, 0.25) is 0 Å². The summed E-state index contributed by atoms with van der Waals surface area (Å²) >= 11 is 0. The molecule has 8 heteroatoms. The topological polar surface area (TPSA) is 134 Å². The summed E-state index contributed by atoms with van der Waals surface area (Å²) in [7, 11) is 1.08. The van der Waals surface area contributed by atoms with Crippen molar-refractivity contribution < 1.29 is 39.5 Å². The molecule has 0 aliphatic heterocycles. The lowest BCUT2D eigenvalue weighted by atomic mass is 9.79. The molecule has 8 nitrogen and oxygen atoms in total. The smallest absolute Gasteiger partial charge is 0.338 e. The van der Waals surface area contributed by atoms with Crippen molar-refractivity contribution in [2.75, 3.05) is 7.11 Å². The van der Waals surface area contributed by atoms with E-state index in [1.54, 1.807) is 12.1 Å². The molecule has 4 atom stereocenters. The Morgan fingerprint density at radius 3 is 2.44 bits per heavy atom. The zero-order chi connectivity index (χ0) is 18.6. The fourth-order valence-electron chi connectivity index (χ4n) is 2.66. The number of rotatable bonds is 4. The molecule has 136 valence electrons. The SMILES string of the molecule is COC(=O)[C@]1(O)C[C@@H](O)[C@@H](O)[C@H](OC(=O)C=Cc2ccc(O)cc2)C1. The zero-order valence-corrected chi connectivity index (χ0v) is 13.5. The Labute approximate surface area is 143 Å². The number of phenols is 1. The molecule has 4 N–H and O–H groups in total. The molecule has 1 aromatic carbocycles. The van der Waals surface area contributed by atoms with Crippen molar-refractivity contribution in [1.29, 1.82) is 0 Å². The van der Waals surface area contributed by atoms with Gasteiger partial charge in [-0.05, 0) is 23.8 Å². The number of aliphatic hydroxyl groups is 3. The fraction of sp³-hybridized carbons (Fsp3) is 0.412. The molecule has 0 heterocycles. The second-order valence-corrected chi connectivity index (χ2v) is 5.89. The van der Waals surface area contributed by atoms with E-state index in [1.807, 2.05) is 0 Å². The molecule has 1 aliphatic carbocycles. The number of hydrogen-bond donors (Lipinski definition) is 4. The second kappa shape index (κ2) is 7.64. The van der Waals surface area contributed by atoms with E-state index in [4.69, 9.17) is 4.74 Å². The van der Waals surface area contributed by atoms with Gasteiger partial charge in [-0.1, -0.05) is 12.1 Å². The molecule has 0 radical (unpaired) electrons. The van der Waals surface area contributed by atoms with Crippen LogP contribution in [0.4, 0.5) is 0 Å². The number of aromatic hydroxyl groups is 1. The Kier molecular flexibility index (Phi) is 5.78. The number of benzene rings is 1. The van der Waals surface area contributed by atoms with Crippen molar-refractivity contribution >= 4 is 18.0 Å². The first-order valence-corrected chi connectivity index (χ1v) is 7.60. The van der Waals surface area contributed by atoms with Crippen molar-refractivity contribution in [2.24, 2.45) is 0 Å². The highest BCUT2D eigenvalue weighted by molar-refractivity contribution is 5.87. The minimum absolute atomic E-state index is 0.0844. The summed E-state index contributed by atoms with van der Waals surface area (Å²) in [6, 6.07) is 6.05. The Balaban J connectivity index is 2.04. The summed E-state index contributed by atoms with van der Waals surface area (Å²) in [6.45, 7) is 0. The van der Waals surface area contributed by atoms with Gasteiger partial charge in [-0.2, -0.15) is 0 Å². The molecule has 0 unspecified atom stereocenters. The molecule has 0 saturated heterocycles. The molecule has 0 aromatic heterocycles. The first kappa shape index (κ1) is 18.9. The third kappa shape index (κ3) is 4.56. The van der Waals surface area contributed by atoms with E-state index in [0.29, 0.717) is 5.56 Å². The van der Waals surface area contributed by atoms with Crippen molar-refractivity contribution in [3.8, 4) is 5.75 Å². The predicted molar refractivity (Wildman–Crippen MR) is 85.2 cm³/mol.